The van der Waals surface area contributed by atoms with Gasteiger partial charge in [0.25, 0.3) is 0 Å². The molecular formula is C13H24N2O5S. The van der Waals surface area contributed by atoms with Crippen molar-refractivity contribution in [2.75, 3.05) is 19.3 Å². The van der Waals surface area contributed by atoms with Crippen LogP contribution >= 0.6 is 0 Å². The van der Waals surface area contributed by atoms with Crippen LogP contribution in [-0.2, 0) is 19.6 Å². The zero-order valence-electron chi connectivity index (χ0n) is 12.7. The molecule has 1 saturated heterocycles. The monoisotopic (exact) mass is 320 g/mol. The maximum absolute atomic E-state index is 12.1. The third kappa shape index (κ3) is 5.28. The molecule has 2 unspecified atom stereocenters. The van der Waals surface area contributed by atoms with E-state index < -0.39 is 33.9 Å². The van der Waals surface area contributed by atoms with Crippen LogP contribution in [0.1, 0.15) is 33.1 Å². The Bertz CT molecular complexity index is 489. The van der Waals surface area contributed by atoms with Gasteiger partial charge in [-0.15, -0.1) is 0 Å². The summed E-state index contributed by atoms with van der Waals surface area (Å²) < 4.78 is 24.4. The summed E-state index contributed by atoms with van der Waals surface area (Å²) in [7, 11) is -3.41. The van der Waals surface area contributed by atoms with Gasteiger partial charge in [-0.3, -0.25) is 9.59 Å². The van der Waals surface area contributed by atoms with Gasteiger partial charge in [0.05, 0.1) is 12.2 Å². The molecule has 1 heterocycles. The topological polar surface area (TPSA) is 104 Å². The standard InChI is InChI=1S/C13H24N2O5S/c1-9(2)7-10(13(17)18)8-14-12(16)11-5-4-6-15(11)21(3,19)20/h9-11H,4-8H2,1-3H3,(H,14,16)(H,17,18). The highest BCUT2D eigenvalue weighted by atomic mass is 32.2. The average molecular weight is 320 g/mol. The lowest BCUT2D eigenvalue weighted by Gasteiger charge is -2.22. The highest BCUT2D eigenvalue weighted by molar-refractivity contribution is 7.88. The van der Waals surface area contributed by atoms with Crippen LogP contribution in [-0.4, -0.2) is 55.1 Å². The maximum Gasteiger partial charge on any atom is 0.308 e. The summed E-state index contributed by atoms with van der Waals surface area (Å²) in [5.74, 6) is -1.80. The first-order valence-electron chi connectivity index (χ1n) is 7.10. The summed E-state index contributed by atoms with van der Waals surface area (Å²) in [4.78, 5) is 23.2. The van der Waals surface area contributed by atoms with E-state index in [4.69, 9.17) is 5.11 Å². The van der Waals surface area contributed by atoms with Gasteiger partial charge in [0.1, 0.15) is 6.04 Å². The first-order chi connectivity index (χ1) is 9.62. The molecular weight excluding hydrogens is 296 g/mol. The van der Waals surface area contributed by atoms with Gasteiger partial charge in [-0.25, -0.2) is 8.42 Å². The van der Waals surface area contributed by atoms with Gasteiger partial charge in [-0.05, 0) is 25.2 Å². The van der Waals surface area contributed by atoms with E-state index in [1.165, 1.54) is 4.31 Å². The molecule has 0 bridgehead atoms. The van der Waals surface area contributed by atoms with Gasteiger partial charge in [-0.1, -0.05) is 13.8 Å². The largest absolute Gasteiger partial charge is 0.481 e. The molecule has 8 heteroatoms. The number of nitrogens with one attached hydrogen (secondary N) is 1. The third-order valence-corrected chi connectivity index (χ3v) is 4.85. The molecule has 1 aliphatic heterocycles. The van der Waals surface area contributed by atoms with E-state index in [1.54, 1.807) is 0 Å². The molecule has 0 aromatic carbocycles. The fraction of sp³-hybridized carbons (Fsp3) is 0.846. The fourth-order valence-corrected chi connectivity index (χ4v) is 3.71. The van der Waals surface area contributed by atoms with Crippen LogP contribution in [0.15, 0.2) is 0 Å². The Hall–Kier alpha value is -1.15. The molecule has 1 aliphatic rings. The van der Waals surface area contributed by atoms with Crippen LogP contribution < -0.4 is 5.32 Å². The lowest BCUT2D eigenvalue weighted by Crippen LogP contribution is -2.47. The van der Waals surface area contributed by atoms with Gasteiger partial charge in [-0.2, -0.15) is 4.31 Å². The predicted molar refractivity (Wildman–Crippen MR) is 78.2 cm³/mol. The highest BCUT2D eigenvalue weighted by Gasteiger charge is 2.36. The second-order valence-electron chi connectivity index (χ2n) is 5.94. The number of carbonyl (C=O) groups is 2. The quantitative estimate of drug-likeness (QED) is 0.701. The Morgan fingerprint density at radius 1 is 1.38 bits per heavy atom. The smallest absolute Gasteiger partial charge is 0.308 e. The first kappa shape index (κ1) is 17.9. The van der Waals surface area contributed by atoms with Gasteiger partial charge in [0.15, 0.2) is 0 Å². The van der Waals surface area contributed by atoms with E-state index in [0.717, 1.165) is 6.26 Å². The third-order valence-electron chi connectivity index (χ3n) is 3.56. The molecule has 0 aromatic rings. The number of aliphatic carboxylic acids is 1. The van der Waals surface area contributed by atoms with Crippen molar-refractivity contribution in [3.63, 3.8) is 0 Å². The minimum absolute atomic E-state index is 0.0282. The number of nitrogens with zero attached hydrogens (tertiary/aromatic N) is 1. The number of carbonyl (C=O) groups excluding carboxylic acids is 1. The maximum atomic E-state index is 12.1. The average Bonchev–Trinajstić information content (AvgIpc) is 2.82. The molecule has 122 valence electrons. The van der Waals surface area contributed by atoms with Gasteiger partial charge in [0, 0.05) is 13.1 Å². The SMILES string of the molecule is CC(C)CC(CNC(=O)C1CCCN1S(C)(=O)=O)C(=O)O. The predicted octanol–water partition coefficient (Wildman–Crippen LogP) is 0.274. The molecule has 0 aliphatic carbocycles. The Kier molecular flexibility index (Phi) is 6.15. The first-order valence-corrected chi connectivity index (χ1v) is 8.95. The van der Waals surface area contributed by atoms with Crippen molar-refractivity contribution in [3.8, 4) is 0 Å². The second kappa shape index (κ2) is 7.22. The number of hydrogen-bond donors (Lipinski definition) is 2. The van der Waals surface area contributed by atoms with E-state index in [2.05, 4.69) is 5.32 Å². The molecule has 0 radical (unpaired) electrons. The molecule has 1 rings (SSSR count). The highest BCUT2D eigenvalue weighted by Crippen LogP contribution is 2.20. The van der Waals surface area contributed by atoms with E-state index in [0.29, 0.717) is 25.8 Å². The summed E-state index contributed by atoms with van der Waals surface area (Å²) in [6.07, 6.45) is 2.66. The zero-order chi connectivity index (χ0) is 16.2. The molecule has 7 nitrogen and oxygen atoms in total. The number of amides is 1. The summed E-state index contributed by atoms with van der Waals surface area (Å²) in [6.45, 7) is 4.20. The van der Waals surface area contributed by atoms with Crippen LogP contribution in [0.3, 0.4) is 0 Å². The molecule has 0 aromatic heterocycles. The number of carboxylic acid groups (broad SMARTS) is 1. The van der Waals surface area contributed by atoms with Crippen LogP contribution in [0.4, 0.5) is 0 Å². The van der Waals surface area contributed by atoms with E-state index in [9.17, 15) is 18.0 Å². The summed E-state index contributed by atoms with van der Waals surface area (Å²) in [6, 6.07) is -0.714. The van der Waals surface area contributed by atoms with E-state index >= 15 is 0 Å². The Morgan fingerprint density at radius 3 is 2.48 bits per heavy atom. The fourth-order valence-electron chi connectivity index (χ4n) is 2.58. The lowest BCUT2D eigenvalue weighted by atomic mass is 9.97. The van der Waals surface area contributed by atoms with Crippen LogP contribution in [0.25, 0.3) is 0 Å². The van der Waals surface area contributed by atoms with Crippen LogP contribution in [0, 0.1) is 11.8 Å². The Balaban J connectivity index is 2.62. The van der Waals surface area contributed by atoms with Crippen molar-refractivity contribution in [2.45, 2.75) is 39.2 Å². The number of carboxylic acids is 1. The molecule has 21 heavy (non-hydrogen) atoms. The number of hydrogen-bond acceptors (Lipinski definition) is 4. The van der Waals surface area contributed by atoms with Crippen molar-refractivity contribution in [3.05, 3.63) is 0 Å². The van der Waals surface area contributed by atoms with Crippen molar-refractivity contribution in [1.29, 1.82) is 0 Å². The molecule has 2 N–H and O–H groups in total. The summed E-state index contributed by atoms with van der Waals surface area (Å²) >= 11 is 0. The summed E-state index contributed by atoms with van der Waals surface area (Å²) in [5.41, 5.74) is 0. The minimum Gasteiger partial charge on any atom is -0.481 e. The van der Waals surface area contributed by atoms with Gasteiger partial charge < -0.3 is 10.4 Å². The van der Waals surface area contributed by atoms with Gasteiger partial charge in [0.2, 0.25) is 15.9 Å². The molecule has 2 atom stereocenters. The van der Waals surface area contributed by atoms with Crippen molar-refractivity contribution >= 4 is 21.9 Å². The van der Waals surface area contributed by atoms with Crippen molar-refractivity contribution in [1.82, 2.24) is 9.62 Å². The number of sulfonamides is 1. The van der Waals surface area contributed by atoms with E-state index in [-0.39, 0.29) is 12.5 Å². The molecule has 0 spiro atoms. The molecule has 1 fully saturated rings. The minimum atomic E-state index is -3.41. The van der Waals surface area contributed by atoms with Crippen molar-refractivity contribution < 1.29 is 23.1 Å². The van der Waals surface area contributed by atoms with Crippen molar-refractivity contribution in [2.24, 2.45) is 11.8 Å². The lowest BCUT2D eigenvalue weighted by molar-refractivity contribution is -0.142. The van der Waals surface area contributed by atoms with Crippen LogP contribution in [0.2, 0.25) is 0 Å². The number of rotatable bonds is 7. The normalized spacial score (nSPS) is 21.4. The zero-order valence-corrected chi connectivity index (χ0v) is 13.5. The Morgan fingerprint density at radius 2 is 2.00 bits per heavy atom. The Labute approximate surface area is 125 Å². The molecule has 1 amide bonds. The van der Waals surface area contributed by atoms with E-state index in [1.807, 2.05) is 13.8 Å². The summed E-state index contributed by atoms with van der Waals surface area (Å²) in [5, 5.41) is 11.7. The molecule has 0 saturated carbocycles. The van der Waals surface area contributed by atoms with Crippen LogP contribution in [0.5, 0.6) is 0 Å². The van der Waals surface area contributed by atoms with Gasteiger partial charge >= 0.3 is 5.97 Å². The second-order valence-corrected chi connectivity index (χ2v) is 7.88.